The quantitative estimate of drug-likeness (QED) is 0.0912. The molecule has 5 rings (SSSR count). The van der Waals surface area contributed by atoms with Gasteiger partial charge in [0.15, 0.2) is 22.5 Å². The molecule has 0 bridgehead atoms. The summed E-state index contributed by atoms with van der Waals surface area (Å²) in [6, 6.07) is 21.0. The average molecular weight is 613 g/mol. The maximum Gasteiger partial charge on any atom is 0.197 e. The Labute approximate surface area is 265 Å². The van der Waals surface area contributed by atoms with E-state index in [1.807, 2.05) is 18.2 Å². The molecule has 0 aliphatic carbocycles. The van der Waals surface area contributed by atoms with Crippen molar-refractivity contribution < 1.29 is 27.8 Å². The van der Waals surface area contributed by atoms with Crippen LogP contribution in [0.5, 0.6) is 17.2 Å². The lowest BCUT2D eigenvalue weighted by Gasteiger charge is -2.10. The number of ether oxygens (including phenoxy) is 4. The van der Waals surface area contributed by atoms with Crippen molar-refractivity contribution in [2.45, 2.75) is 70.8 Å². The molecule has 7 nitrogen and oxygen atoms in total. The van der Waals surface area contributed by atoms with Crippen LogP contribution in [0.1, 0.15) is 69.1 Å². The summed E-state index contributed by atoms with van der Waals surface area (Å²) in [5, 5.41) is 1.21. The molecule has 0 atom stereocenters. The Kier molecular flexibility index (Phi) is 11.6. The summed E-state index contributed by atoms with van der Waals surface area (Å²) in [5.74, 6) is 3.05. The Morgan fingerprint density at radius 3 is 2.04 bits per heavy atom. The summed E-state index contributed by atoms with van der Waals surface area (Å²) < 4.78 is 34.7. The molecule has 238 valence electrons. The topological polar surface area (TPSA) is 80.3 Å². The highest BCUT2D eigenvalue weighted by Crippen LogP contribution is 2.37. The van der Waals surface area contributed by atoms with Gasteiger partial charge < -0.3 is 27.8 Å². The van der Waals surface area contributed by atoms with Gasteiger partial charge in [0.2, 0.25) is 0 Å². The Hall–Kier alpha value is -4.23. The number of hydrogen-bond acceptors (Lipinski definition) is 7. The molecule has 0 fully saturated rings. The van der Waals surface area contributed by atoms with Gasteiger partial charge in [-0.25, -0.2) is 0 Å². The van der Waals surface area contributed by atoms with Crippen molar-refractivity contribution >= 4 is 21.9 Å². The normalized spacial score (nSPS) is 11.4. The monoisotopic (exact) mass is 612 g/mol. The minimum atomic E-state index is -0.172. The van der Waals surface area contributed by atoms with E-state index in [1.54, 1.807) is 39.5 Å². The van der Waals surface area contributed by atoms with Gasteiger partial charge in [-0.2, -0.15) is 0 Å². The third kappa shape index (κ3) is 8.28. The molecule has 0 radical (unpaired) electrons. The minimum Gasteiger partial charge on any atom is -0.496 e. The van der Waals surface area contributed by atoms with Gasteiger partial charge in [0.1, 0.15) is 28.2 Å². The number of benzene rings is 3. The van der Waals surface area contributed by atoms with Crippen LogP contribution in [0.2, 0.25) is 0 Å². The maximum atomic E-state index is 13.4. The predicted molar refractivity (Wildman–Crippen MR) is 179 cm³/mol. The van der Waals surface area contributed by atoms with Crippen LogP contribution in [-0.2, 0) is 17.8 Å². The van der Waals surface area contributed by atoms with Crippen LogP contribution in [0.25, 0.3) is 33.3 Å². The van der Waals surface area contributed by atoms with E-state index in [9.17, 15) is 4.79 Å². The smallest absolute Gasteiger partial charge is 0.197 e. The summed E-state index contributed by atoms with van der Waals surface area (Å²) in [4.78, 5) is 13.4. The molecule has 0 saturated heterocycles. The molecule has 0 aliphatic rings. The molecule has 45 heavy (non-hydrogen) atoms. The zero-order valence-corrected chi connectivity index (χ0v) is 26.7. The van der Waals surface area contributed by atoms with Gasteiger partial charge in [-0.3, -0.25) is 4.79 Å². The van der Waals surface area contributed by atoms with Crippen molar-refractivity contribution in [2.75, 3.05) is 27.9 Å². The summed E-state index contributed by atoms with van der Waals surface area (Å²) in [6.45, 7) is 1.54. The number of fused-ring (bicyclic) bond motifs is 3. The average Bonchev–Trinajstić information content (AvgIpc) is 3.50. The molecule has 0 unspecified atom stereocenters. The lowest BCUT2D eigenvalue weighted by atomic mass is 10.1. The maximum absolute atomic E-state index is 13.4. The fourth-order valence-corrected chi connectivity index (χ4v) is 5.77. The van der Waals surface area contributed by atoms with Crippen LogP contribution in [0.4, 0.5) is 0 Å². The lowest BCUT2D eigenvalue weighted by molar-refractivity contribution is 0.116. The molecule has 0 spiro atoms. The summed E-state index contributed by atoms with van der Waals surface area (Å²) >= 11 is 0. The number of rotatable bonds is 18. The van der Waals surface area contributed by atoms with E-state index in [0.717, 1.165) is 43.4 Å². The molecule has 3 aromatic carbocycles. The summed E-state index contributed by atoms with van der Waals surface area (Å²) in [5.41, 5.74) is 2.69. The first-order valence-corrected chi connectivity index (χ1v) is 16.0. The first kappa shape index (κ1) is 32.2. The van der Waals surface area contributed by atoms with E-state index in [1.165, 1.54) is 50.2 Å². The van der Waals surface area contributed by atoms with Crippen molar-refractivity contribution in [3.05, 3.63) is 88.3 Å². The van der Waals surface area contributed by atoms with Crippen LogP contribution in [-0.4, -0.2) is 27.9 Å². The van der Waals surface area contributed by atoms with Crippen molar-refractivity contribution in [1.29, 1.82) is 0 Å². The molecule has 0 N–H and O–H groups in total. The second-order valence-electron chi connectivity index (χ2n) is 11.4. The van der Waals surface area contributed by atoms with Gasteiger partial charge in [0.05, 0.1) is 33.3 Å². The third-order valence-electron chi connectivity index (χ3n) is 8.22. The number of furan rings is 1. The Bertz CT molecular complexity index is 1720. The van der Waals surface area contributed by atoms with Crippen molar-refractivity contribution in [2.24, 2.45) is 0 Å². The molecule has 2 heterocycles. The Morgan fingerprint density at radius 1 is 0.644 bits per heavy atom. The molecular formula is C38H44O7. The number of hydrogen-bond donors (Lipinski definition) is 0. The number of unbranched alkanes of at least 4 members (excludes halogenated alkanes) is 8. The van der Waals surface area contributed by atoms with Crippen LogP contribution >= 0.6 is 0 Å². The van der Waals surface area contributed by atoms with E-state index in [4.69, 9.17) is 27.8 Å². The highest BCUT2D eigenvalue weighted by atomic mass is 16.5. The lowest BCUT2D eigenvalue weighted by Crippen LogP contribution is -2.01. The number of methoxy groups -OCH3 is 3. The van der Waals surface area contributed by atoms with E-state index >= 15 is 0 Å². The highest BCUT2D eigenvalue weighted by molar-refractivity contribution is 6.05. The molecule has 7 heteroatoms. The third-order valence-corrected chi connectivity index (χ3v) is 8.22. The van der Waals surface area contributed by atoms with Crippen LogP contribution in [0.3, 0.4) is 0 Å². The molecule has 2 aromatic heterocycles. The van der Waals surface area contributed by atoms with Crippen molar-refractivity contribution in [3.63, 3.8) is 0 Å². The van der Waals surface area contributed by atoms with Crippen molar-refractivity contribution in [3.8, 4) is 28.6 Å². The summed E-state index contributed by atoms with van der Waals surface area (Å²) in [6.07, 6.45) is 11.7. The van der Waals surface area contributed by atoms with Gasteiger partial charge in [0, 0.05) is 30.7 Å². The van der Waals surface area contributed by atoms with E-state index < -0.39 is 0 Å². The SMILES string of the molecule is COc1ccc(-c2cc(=O)c3c(cc(OC)c4cc(CCCCCCCCCCCOCc5ccccc5)oc43)o2)cc1OC. The van der Waals surface area contributed by atoms with Crippen LogP contribution in [0, 0.1) is 0 Å². The molecular weight excluding hydrogens is 568 g/mol. The molecule has 0 aliphatic heterocycles. The molecule has 0 saturated carbocycles. The minimum absolute atomic E-state index is 0.172. The second kappa shape index (κ2) is 16.2. The van der Waals surface area contributed by atoms with Gasteiger partial charge in [-0.15, -0.1) is 0 Å². The Morgan fingerprint density at radius 2 is 1.33 bits per heavy atom. The van der Waals surface area contributed by atoms with E-state index in [-0.39, 0.29) is 5.43 Å². The number of aryl methyl sites for hydroxylation is 1. The molecule has 0 amide bonds. The first-order valence-electron chi connectivity index (χ1n) is 16.0. The standard InChI is InChI=1S/C38H44O7/c1-40-32-20-19-28(22-35(32)42-3)33-24-31(39)37-36(45-33)25-34(41-2)30-23-29(44-38(30)37)18-14-9-7-5-4-6-8-10-15-21-43-26-27-16-12-11-13-17-27/h11-13,16-17,19-20,22-25H,4-10,14-15,18,21,26H2,1-3H3. The predicted octanol–water partition coefficient (Wildman–Crippen LogP) is 9.50. The second-order valence-corrected chi connectivity index (χ2v) is 11.4. The van der Waals surface area contributed by atoms with Crippen molar-refractivity contribution in [1.82, 2.24) is 0 Å². The zero-order valence-electron chi connectivity index (χ0n) is 26.7. The van der Waals surface area contributed by atoms with Gasteiger partial charge in [0.25, 0.3) is 0 Å². The molecule has 5 aromatic rings. The summed E-state index contributed by atoms with van der Waals surface area (Å²) in [7, 11) is 4.77. The van der Waals surface area contributed by atoms with Gasteiger partial charge in [-0.05, 0) is 42.7 Å². The fourth-order valence-electron chi connectivity index (χ4n) is 5.77. The zero-order chi connectivity index (χ0) is 31.4. The first-order chi connectivity index (χ1) is 22.1. The fraction of sp³-hybridized carbons (Fsp3) is 0.395. The van der Waals surface area contributed by atoms with Crippen LogP contribution < -0.4 is 19.6 Å². The highest BCUT2D eigenvalue weighted by Gasteiger charge is 2.19. The van der Waals surface area contributed by atoms with Crippen LogP contribution in [0.15, 0.2) is 80.4 Å². The van der Waals surface area contributed by atoms with Gasteiger partial charge in [-0.1, -0.05) is 75.3 Å². The van der Waals surface area contributed by atoms with Gasteiger partial charge >= 0.3 is 0 Å². The van der Waals surface area contributed by atoms with E-state index in [2.05, 4.69) is 24.3 Å². The van der Waals surface area contributed by atoms with E-state index in [0.29, 0.717) is 51.7 Å². The Balaban J connectivity index is 1.09. The largest absolute Gasteiger partial charge is 0.496 e.